The number of nitrogens with zero attached hydrogens (tertiary/aromatic N) is 2. The Morgan fingerprint density at radius 3 is 2.60 bits per heavy atom. The molecule has 0 amide bonds. The van der Waals surface area contributed by atoms with Crippen LogP contribution in [0.2, 0.25) is 0 Å². The number of imidazole rings is 1. The van der Waals surface area contributed by atoms with Crippen molar-refractivity contribution < 1.29 is 36.0 Å². The molecule has 1 atom stereocenters. The summed E-state index contributed by atoms with van der Waals surface area (Å²) in [6, 6.07) is 14.6. The van der Waals surface area contributed by atoms with Gasteiger partial charge in [-0.1, -0.05) is 30.3 Å². The van der Waals surface area contributed by atoms with Crippen molar-refractivity contribution in [2.45, 2.75) is 30.1 Å². The maximum absolute atomic E-state index is 13.2. The van der Waals surface area contributed by atoms with Crippen LogP contribution in [0.4, 0.5) is 17.6 Å². The standard InChI is InChI=1S/C23H19F4N3O4S/c1-32-20-18(28-10-9-19(20)33-12-14-5-3-2-4-6-14)13-35(31)22-29-16-8-7-15(11-17(16)30-22)34-23(26,27)21(24)25/h2-11,21H,12-13H2,1H3,(H,29,30). The molecule has 2 heterocycles. The van der Waals surface area contributed by atoms with Crippen LogP contribution in [0.5, 0.6) is 17.2 Å². The van der Waals surface area contributed by atoms with Gasteiger partial charge in [0.2, 0.25) is 0 Å². The Bertz CT molecular complexity index is 1340. The van der Waals surface area contributed by atoms with Crippen LogP contribution in [0.3, 0.4) is 0 Å². The Morgan fingerprint density at radius 2 is 1.89 bits per heavy atom. The minimum absolute atomic E-state index is 0.0391. The number of rotatable bonds is 10. The van der Waals surface area contributed by atoms with Crippen molar-refractivity contribution in [1.82, 2.24) is 15.0 Å². The summed E-state index contributed by atoms with van der Waals surface area (Å²) in [5, 5.41) is 0.0391. The molecule has 184 valence electrons. The van der Waals surface area contributed by atoms with Crippen molar-refractivity contribution in [3.05, 3.63) is 72.1 Å². The van der Waals surface area contributed by atoms with E-state index in [1.807, 2.05) is 30.3 Å². The van der Waals surface area contributed by atoms with E-state index in [1.54, 1.807) is 6.07 Å². The highest BCUT2D eigenvalue weighted by Crippen LogP contribution is 2.32. The molecule has 0 radical (unpaired) electrons. The second-order valence-electron chi connectivity index (χ2n) is 7.24. The van der Waals surface area contributed by atoms with Crippen molar-refractivity contribution in [2.75, 3.05) is 7.11 Å². The smallest absolute Gasteiger partial charge is 0.461 e. The molecule has 0 aliphatic rings. The minimum Gasteiger partial charge on any atom is -0.491 e. The van der Waals surface area contributed by atoms with E-state index in [0.717, 1.165) is 17.7 Å². The highest BCUT2D eigenvalue weighted by molar-refractivity contribution is 7.84. The number of hydrogen-bond donors (Lipinski definition) is 1. The quantitative estimate of drug-likeness (QED) is 0.300. The van der Waals surface area contributed by atoms with E-state index in [-0.39, 0.29) is 16.4 Å². The third-order valence-corrected chi connectivity index (χ3v) is 5.97. The molecule has 0 aliphatic carbocycles. The highest BCUT2D eigenvalue weighted by Gasteiger charge is 2.44. The minimum atomic E-state index is -4.64. The number of hydrogen-bond acceptors (Lipinski definition) is 6. The van der Waals surface area contributed by atoms with Gasteiger partial charge < -0.3 is 19.2 Å². The van der Waals surface area contributed by atoms with Crippen LogP contribution in [-0.2, 0) is 23.2 Å². The van der Waals surface area contributed by atoms with Crippen LogP contribution < -0.4 is 14.2 Å². The number of alkyl halides is 4. The van der Waals surface area contributed by atoms with Gasteiger partial charge in [0.05, 0.1) is 40.4 Å². The predicted octanol–water partition coefficient (Wildman–Crippen LogP) is 5.09. The number of fused-ring (bicyclic) bond motifs is 1. The Morgan fingerprint density at radius 1 is 1.11 bits per heavy atom. The normalized spacial score (nSPS) is 12.6. The summed E-state index contributed by atoms with van der Waals surface area (Å²) >= 11 is 0. The summed E-state index contributed by atoms with van der Waals surface area (Å²) in [6.45, 7) is 0.294. The van der Waals surface area contributed by atoms with Gasteiger partial charge in [0.1, 0.15) is 12.4 Å². The van der Waals surface area contributed by atoms with E-state index >= 15 is 0 Å². The second-order valence-corrected chi connectivity index (χ2v) is 8.61. The average Bonchev–Trinajstić information content (AvgIpc) is 3.27. The van der Waals surface area contributed by atoms with E-state index in [2.05, 4.69) is 19.7 Å². The van der Waals surface area contributed by atoms with E-state index in [4.69, 9.17) is 9.47 Å². The maximum Gasteiger partial charge on any atom is 0.461 e. The summed E-state index contributed by atoms with van der Waals surface area (Å²) in [5.41, 5.74) is 1.79. The van der Waals surface area contributed by atoms with Crippen LogP contribution in [0.15, 0.2) is 66.0 Å². The number of methoxy groups -OCH3 is 1. The molecule has 0 saturated heterocycles. The van der Waals surface area contributed by atoms with Gasteiger partial charge in [-0.05, 0) is 17.7 Å². The van der Waals surface area contributed by atoms with Crippen molar-refractivity contribution in [3.63, 3.8) is 0 Å². The lowest BCUT2D eigenvalue weighted by atomic mass is 10.2. The van der Waals surface area contributed by atoms with Crippen LogP contribution in [0.25, 0.3) is 11.0 Å². The lowest BCUT2D eigenvalue weighted by molar-refractivity contribution is -0.253. The molecule has 0 bridgehead atoms. The monoisotopic (exact) mass is 509 g/mol. The van der Waals surface area contributed by atoms with Crippen molar-refractivity contribution in [2.24, 2.45) is 0 Å². The van der Waals surface area contributed by atoms with E-state index in [0.29, 0.717) is 29.3 Å². The van der Waals surface area contributed by atoms with Crippen LogP contribution in [0.1, 0.15) is 11.3 Å². The zero-order chi connectivity index (χ0) is 25.0. The fraction of sp³-hybridized carbons (Fsp3) is 0.217. The number of aromatic amines is 1. The molecule has 12 heteroatoms. The molecular formula is C23H19F4N3O4S. The number of aromatic nitrogens is 3. The Kier molecular flexibility index (Phi) is 7.20. The molecular weight excluding hydrogens is 490 g/mol. The highest BCUT2D eigenvalue weighted by atomic mass is 32.2. The lowest BCUT2D eigenvalue weighted by Gasteiger charge is -2.16. The van der Waals surface area contributed by atoms with E-state index in [9.17, 15) is 21.8 Å². The third-order valence-electron chi connectivity index (χ3n) is 4.81. The second kappa shape index (κ2) is 10.3. The predicted molar refractivity (Wildman–Crippen MR) is 119 cm³/mol. The van der Waals surface area contributed by atoms with Gasteiger partial charge in [-0.15, -0.1) is 0 Å². The zero-order valence-corrected chi connectivity index (χ0v) is 19.0. The van der Waals surface area contributed by atoms with Crippen LogP contribution >= 0.6 is 0 Å². The molecule has 35 heavy (non-hydrogen) atoms. The molecule has 4 rings (SSSR count). The Labute approximate surface area is 199 Å². The number of halogens is 4. The molecule has 7 nitrogen and oxygen atoms in total. The summed E-state index contributed by atoms with van der Waals surface area (Å²) in [6.07, 6.45) is -7.13. The Balaban J connectivity index is 1.51. The third kappa shape index (κ3) is 5.70. The van der Waals surface area contributed by atoms with Gasteiger partial charge in [-0.3, -0.25) is 9.19 Å². The number of nitrogens with one attached hydrogen (secondary N) is 1. The summed E-state index contributed by atoms with van der Waals surface area (Å²) in [5.74, 6) is 0.163. The van der Waals surface area contributed by atoms with Gasteiger partial charge in [-0.25, -0.2) is 4.98 Å². The number of ether oxygens (including phenoxy) is 3. The van der Waals surface area contributed by atoms with Gasteiger partial charge >= 0.3 is 12.5 Å². The van der Waals surface area contributed by atoms with Crippen molar-refractivity contribution >= 4 is 21.8 Å². The molecule has 0 fully saturated rings. The van der Waals surface area contributed by atoms with Crippen molar-refractivity contribution in [3.8, 4) is 17.2 Å². The first-order valence-corrected chi connectivity index (χ1v) is 11.5. The number of benzene rings is 2. The molecule has 2 aromatic heterocycles. The number of H-pyrrole nitrogens is 1. The van der Waals surface area contributed by atoms with Gasteiger partial charge in [0, 0.05) is 18.3 Å². The molecule has 0 saturated carbocycles. The molecule has 0 spiro atoms. The topological polar surface area (TPSA) is 86.3 Å². The van der Waals surface area contributed by atoms with E-state index in [1.165, 1.54) is 19.4 Å². The number of pyridine rings is 1. The molecule has 1 N–H and O–H groups in total. The molecule has 2 aromatic carbocycles. The first-order valence-electron chi connectivity index (χ1n) is 10.2. The molecule has 1 unspecified atom stereocenters. The van der Waals surface area contributed by atoms with Gasteiger partial charge in [0.25, 0.3) is 0 Å². The Hall–Kier alpha value is -3.67. The fourth-order valence-electron chi connectivity index (χ4n) is 3.17. The first kappa shape index (κ1) is 24.5. The molecule has 4 aromatic rings. The zero-order valence-electron chi connectivity index (χ0n) is 18.2. The maximum atomic E-state index is 13.2. The van der Waals surface area contributed by atoms with Crippen molar-refractivity contribution in [1.29, 1.82) is 0 Å². The van der Waals surface area contributed by atoms with Gasteiger partial charge in [0.15, 0.2) is 16.7 Å². The largest absolute Gasteiger partial charge is 0.491 e. The SMILES string of the molecule is COc1c(OCc2ccccc2)ccnc1CS(=O)c1nc2ccc(OC(F)(F)C(F)F)cc2[nH]1. The summed E-state index contributed by atoms with van der Waals surface area (Å²) in [7, 11) is -0.293. The summed E-state index contributed by atoms with van der Waals surface area (Å²) < 4.78 is 79.5. The van der Waals surface area contributed by atoms with Crippen LogP contribution in [-0.4, -0.2) is 38.8 Å². The average molecular weight is 509 g/mol. The lowest BCUT2D eigenvalue weighted by Crippen LogP contribution is -2.33. The molecule has 0 aliphatic heterocycles. The van der Waals surface area contributed by atoms with Gasteiger partial charge in [-0.2, -0.15) is 17.6 Å². The van der Waals surface area contributed by atoms with Crippen LogP contribution in [0, 0.1) is 0 Å². The fourth-order valence-corrected chi connectivity index (χ4v) is 4.19. The first-order chi connectivity index (χ1) is 16.8. The summed E-state index contributed by atoms with van der Waals surface area (Å²) in [4.78, 5) is 11.2. The van der Waals surface area contributed by atoms with E-state index < -0.39 is 29.1 Å².